The van der Waals surface area contributed by atoms with Crippen molar-refractivity contribution in [3.63, 3.8) is 0 Å². The number of benzene rings is 1. The maximum Gasteiger partial charge on any atom is 0.182 e. The first-order valence-electron chi connectivity index (χ1n) is 6.57. The quantitative estimate of drug-likeness (QED) is 0.739. The van der Waals surface area contributed by atoms with Crippen LogP contribution in [-0.4, -0.2) is 22.9 Å². The Bertz CT molecular complexity index is 611. The molecule has 1 aliphatic rings. The average Bonchev–Trinajstić information content (AvgIpc) is 2.36. The van der Waals surface area contributed by atoms with Gasteiger partial charge in [0.05, 0.1) is 10.7 Å². The average molecular weight is 289 g/mol. The third-order valence-corrected chi connectivity index (χ3v) is 4.23. The van der Waals surface area contributed by atoms with Gasteiger partial charge in [-0.2, -0.15) is 0 Å². The van der Waals surface area contributed by atoms with Crippen LogP contribution in [0.15, 0.2) is 23.2 Å². The van der Waals surface area contributed by atoms with E-state index in [1.54, 1.807) is 0 Å². The zero-order valence-electron chi connectivity index (χ0n) is 12.5. The maximum atomic E-state index is 12.6. The number of thioether (sulfide) groups is 1. The molecule has 1 aliphatic heterocycles. The highest BCUT2D eigenvalue weighted by Crippen LogP contribution is 2.35. The Labute approximate surface area is 123 Å². The molecule has 0 saturated carbocycles. The smallest absolute Gasteiger partial charge is 0.182 e. The SMILES string of the molecule is CSC1=Nc2ccc(C(C)(C)C)cc2C(=O)C1C(C)=O. The number of hydrogen-bond donors (Lipinski definition) is 0. The maximum absolute atomic E-state index is 12.6. The van der Waals surface area contributed by atoms with E-state index < -0.39 is 5.92 Å². The number of Topliss-reactive ketones (excluding diaryl/α,β-unsaturated/α-hetero) is 2. The second-order valence-corrected chi connectivity index (χ2v) is 6.87. The Hall–Kier alpha value is -1.42. The van der Waals surface area contributed by atoms with Crippen LogP contribution < -0.4 is 0 Å². The lowest BCUT2D eigenvalue weighted by atomic mass is 9.83. The first kappa shape index (κ1) is 15.0. The number of carbonyl (C=O) groups excluding carboxylic acids is 2. The van der Waals surface area contributed by atoms with Crippen LogP contribution >= 0.6 is 11.8 Å². The Morgan fingerprint density at radius 2 is 1.95 bits per heavy atom. The summed E-state index contributed by atoms with van der Waals surface area (Å²) in [4.78, 5) is 28.8. The van der Waals surface area contributed by atoms with Crippen molar-refractivity contribution in [2.75, 3.05) is 6.26 Å². The molecule has 1 atom stereocenters. The standard InChI is InChI=1S/C16H19NO2S/c1-9(18)13-14(19)11-8-10(16(2,3)4)6-7-12(11)17-15(13)20-5/h6-8,13H,1-5H3. The minimum atomic E-state index is -0.729. The lowest BCUT2D eigenvalue weighted by molar-refractivity contribution is -0.117. The van der Waals surface area contributed by atoms with Crippen molar-refractivity contribution in [3.05, 3.63) is 29.3 Å². The molecule has 1 aromatic rings. The lowest BCUT2D eigenvalue weighted by Crippen LogP contribution is -2.31. The number of rotatable bonds is 1. The van der Waals surface area contributed by atoms with E-state index in [0.717, 1.165) is 5.56 Å². The molecule has 1 heterocycles. The highest BCUT2D eigenvalue weighted by atomic mass is 32.2. The third kappa shape index (κ3) is 2.57. The molecule has 3 nitrogen and oxygen atoms in total. The number of hydrogen-bond acceptors (Lipinski definition) is 4. The third-order valence-electron chi connectivity index (χ3n) is 3.48. The van der Waals surface area contributed by atoms with Crippen molar-refractivity contribution in [2.45, 2.75) is 33.1 Å². The number of carbonyl (C=O) groups is 2. The Balaban J connectivity index is 2.60. The van der Waals surface area contributed by atoms with Gasteiger partial charge in [0.2, 0.25) is 0 Å². The number of fused-ring (bicyclic) bond motifs is 1. The van der Waals surface area contributed by atoms with Gasteiger partial charge in [0.1, 0.15) is 11.7 Å². The Morgan fingerprint density at radius 3 is 2.45 bits per heavy atom. The van der Waals surface area contributed by atoms with E-state index in [0.29, 0.717) is 16.3 Å². The molecule has 0 aliphatic carbocycles. The summed E-state index contributed by atoms with van der Waals surface area (Å²) in [6, 6.07) is 5.76. The lowest BCUT2D eigenvalue weighted by Gasteiger charge is -2.24. The predicted octanol–water partition coefficient (Wildman–Crippen LogP) is 3.78. The van der Waals surface area contributed by atoms with E-state index in [2.05, 4.69) is 25.8 Å². The van der Waals surface area contributed by atoms with Crippen LogP contribution in [0.2, 0.25) is 0 Å². The van der Waals surface area contributed by atoms with E-state index >= 15 is 0 Å². The van der Waals surface area contributed by atoms with Gasteiger partial charge in [0, 0.05) is 5.56 Å². The van der Waals surface area contributed by atoms with E-state index in [9.17, 15) is 9.59 Å². The van der Waals surface area contributed by atoms with Gasteiger partial charge in [-0.05, 0) is 36.3 Å². The van der Waals surface area contributed by atoms with Crippen molar-refractivity contribution in [1.82, 2.24) is 0 Å². The highest BCUT2D eigenvalue weighted by molar-refractivity contribution is 8.13. The number of nitrogens with zero attached hydrogens (tertiary/aromatic N) is 1. The normalized spacial score (nSPS) is 18.6. The fourth-order valence-corrected chi connectivity index (χ4v) is 2.97. The van der Waals surface area contributed by atoms with Crippen molar-refractivity contribution in [1.29, 1.82) is 0 Å². The van der Waals surface area contributed by atoms with Crippen molar-refractivity contribution in [2.24, 2.45) is 10.9 Å². The molecule has 1 aromatic carbocycles. The van der Waals surface area contributed by atoms with Crippen LogP contribution in [0.5, 0.6) is 0 Å². The first-order valence-corrected chi connectivity index (χ1v) is 7.80. The Kier molecular flexibility index (Phi) is 3.87. The first-order chi connectivity index (χ1) is 9.25. The number of ketones is 2. The van der Waals surface area contributed by atoms with Gasteiger partial charge in [-0.25, -0.2) is 4.99 Å². The van der Waals surface area contributed by atoms with E-state index in [4.69, 9.17) is 0 Å². The molecule has 0 spiro atoms. The second kappa shape index (κ2) is 5.17. The molecule has 4 heteroatoms. The molecule has 0 N–H and O–H groups in total. The summed E-state index contributed by atoms with van der Waals surface area (Å²) in [5, 5.41) is 0.596. The van der Waals surface area contributed by atoms with E-state index in [1.165, 1.54) is 18.7 Å². The second-order valence-electron chi connectivity index (χ2n) is 6.04. The summed E-state index contributed by atoms with van der Waals surface area (Å²) < 4.78 is 0. The van der Waals surface area contributed by atoms with Crippen LogP contribution in [0.1, 0.15) is 43.6 Å². The summed E-state index contributed by atoms with van der Waals surface area (Å²) in [5.74, 6) is -0.999. The molecular weight excluding hydrogens is 270 g/mol. The van der Waals surface area contributed by atoms with Crippen LogP contribution in [-0.2, 0) is 10.2 Å². The van der Waals surface area contributed by atoms with Gasteiger partial charge in [-0.3, -0.25) is 9.59 Å². The molecule has 0 bridgehead atoms. The largest absolute Gasteiger partial charge is 0.299 e. The van der Waals surface area contributed by atoms with Gasteiger partial charge in [-0.1, -0.05) is 26.8 Å². The van der Waals surface area contributed by atoms with Gasteiger partial charge in [-0.15, -0.1) is 11.8 Å². The molecule has 1 unspecified atom stereocenters. The summed E-state index contributed by atoms with van der Waals surface area (Å²) in [7, 11) is 0. The molecule has 20 heavy (non-hydrogen) atoms. The van der Waals surface area contributed by atoms with Crippen molar-refractivity contribution in [3.8, 4) is 0 Å². The van der Waals surface area contributed by atoms with E-state index in [1.807, 2.05) is 24.5 Å². The molecule has 0 radical (unpaired) electrons. The molecule has 0 amide bonds. The zero-order valence-corrected chi connectivity index (χ0v) is 13.3. The number of aliphatic imine (C=N–C) groups is 1. The Morgan fingerprint density at radius 1 is 1.30 bits per heavy atom. The van der Waals surface area contributed by atoms with Crippen LogP contribution in [0.4, 0.5) is 5.69 Å². The predicted molar refractivity (Wildman–Crippen MR) is 84.3 cm³/mol. The van der Waals surface area contributed by atoms with Crippen LogP contribution in [0.25, 0.3) is 0 Å². The fourth-order valence-electron chi connectivity index (χ4n) is 2.27. The van der Waals surface area contributed by atoms with E-state index in [-0.39, 0.29) is 17.0 Å². The summed E-state index contributed by atoms with van der Waals surface area (Å²) in [5.41, 5.74) is 2.28. The summed E-state index contributed by atoms with van der Waals surface area (Å²) in [6.45, 7) is 7.75. The molecule has 0 saturated heterocycles. The summed E-state index contributed by atoms with van der Waals surface area (Å²) >= 11 is 1.37. The topological polar surface area (TPSA) is 46.5 Å². The summed E-state index contributed by atoms with van der Waals surface area (Å²) in [6.07, 6.45) is 1.84. The van der Waals surface area contributed by atoms with Gasteiger partial charge >= 0.3 is 0 Å². The highest BCUT2D eigenvalue weighted by Gasteiger charge is 2.35. The van der Waals surface area contributed by atoms with Crippen molar-refractivity contribution < 1.29 is 9.59 Å². The molecule has 0 fully saturated rings. The van der Waals surface area contributed by atoms with Gasteiger partial charge < -0.3 is 0 Å². The molecule has 106 valence electrons. The van der Waals surface area contributed by atoms with Crippen LogP contribution in [0.3, 0.4) is 0 Å². The minimum Gasteiger partial charge on any atom is -0.299 e. The molecule has 2 rings (SSSR count). The van der Waals surface area contributed by atoms with Crippen molar-refractivity contribution >= 4 is 34.1 Å². The van der Waals surface area contributed by atoms with Crippen LogP contribution in [0, 0.1) is 5.92 Å². The van der Waals surface area contributed by atoms with Gasteiger partial charge in [0.15, 0.2) is 5.78 Å². The fraction of sp³-hybridized carbons (Fsp3) is 0.438. The van der Waals surface area contributed by atoms with Gasteiger partial charge in [0.25, 0.3) is 0 Å². The molecular formula is C16H19NO2S. The monoisotopic (exact) mass is 289 g/mol. The zero-order chi connectivity index (χ0) is 15.1. The minimum absolute atomic E-state index is 0.0372. The molecule has 0 aromatic heterocycles.